The van der Waals surface area contributed by atoms with Crippen LogP contribution in [0.2, 0.25) is 0 Å². The van der Waals surface area contributed by atoms with Crippen LogP contribution in [0.25, 0.3) is 11.1 Å². The van der Waals surface area contributed by atoms with Crippen LogP contribution in [0.3, 0.4) is 0 Å². The molecule has 8 nitrogen and oxygen atoms in total. The highest BCUT2D eigenvalue weighted by Crippen LogP contribution is 2.56. The summed E-state index contributed by atoms with van der Waals surface area (Å²) in [6, 6.07) is 13.9. The number of carbonyl (C=O) groups excluding carboxylic acids is 1. The van der Waals surface area contributed by atoms with E-state index in [0.717, 1.165) is 65.5 Å². The molecule has 4 heterocycles. The van der Waals surface area contributed by atoms with Crippen LogP contribution in [0.4, 0.5) is 22.9 Å². The number of amides is 1. The van der Waals surface area contributed by atoms with Gasteiger partial charge in [-0.05, 0) is 105 Å². The molecule has 1 aliphatic heterocycles. The highest BCUT2D eigenvalue weighted by atomic mass is 32.1. The third-order valence-electron chi connectivity index (χ3n) is 9.43. The lowest BCUT2D eigenvalue weighted by Crippen LogP contribution is -2.28. The van der Waals surface area contributed by atoms with Crippen molar-refractivity contribution in [1.29, 1.82) is 0 Å². The topological polar surface area (TPSA) is 82.5 Å². The van der Waals surface area contributed by atoms with E-state index in [2.05, 4.69) is 44.6 Å². The Bertz CT molecular complexity index is 1720. The molecule has 3 aromatic heterocycles. The lowest BCUT2D eigenvalue weighted by Gasteiger charge is -2.22. The molecule has 2 unspecified atom stereocenters. The first-order valence-electron chi connectivity index (χ1n) is 15.3. The van der Waals surface area contributed by atoms with Gasteiger partial charge in [-0.1, -0.05) is 12.1 Å². The number of thiophene rings is 1. The average molecular weight is 595 g/mol. The number of hydrogen-bond donors (Lipinski definition) is 2. The van der Waals surface area contributed by atoms with Gasteiger partial charge in [0.1, 0.15) is 11.5 Å². The number of aromatic nitrogens is 2. The van der Waals surface area contributed by atoms with E-state index in [9.17, 15) is 9.59 Å². The van der Waals surface area contributed by atoms with E-state index in [1.165, 1.54) is 29.7 Å². The van der Waals surface area contributed by atoms with Crippen molar-refractivity contribution in [3.05, 3.63) is 86.1 Å². The van der Waals surface area contributed by atoms with Gasteiger partial charge in [0.05, 0.1) is 16.8 Å². The summed E-state index contributed by atoms with van der Waals surface area (Å²) in [6.07, 6.45) is 8.62. The average Bonchev–Trinajstić information content (AvgIpc) is 3.70. The van der Waals surface area contributed by atoms with Crippen molar-refractivity contribution in [2.24, 2.45) is 7.05 Å². The standard InChI is InChI=1S/C34H38N6O2S/c1-21-26(6-4-7-28(21)37-33(41)30-18-27-22-8-9-23(16-22)32(27)43-30)24-17-29(34(42)39(3)20-24)36-31-11-10-25(19-35-31)40-13-5-12-38(2)14-15-40/h4,6-7,10-11,17-20,22-23H,5,8-9,12-16H2,1-3H3,(H,35,36)(H,37,41). The van der Waals surface area contributed by atoms with Gasteiger partial charge in [0.15, 0.2) is 0 Å². The molecular formula is C34H38N6O2S. The van der Waals surface area contributed by atoms with Crippen molar-refractivity contribution < 1.29 is 4.79 Å². The summed E-state index contributed by atoms with van der Waals surface area (Å²) in [4.78, 5) is 38.0. The first kappa shape index (κ1) is 27.9. The first-order valence-corrected chi connectivity index (χ1v) is 16.1. The van der Waals surface area contributed by atoms with Crippen LogP contribution in [0.15, 0.2) is 59.7 Å². The number of fused-ring (bicyclic) bond motifs is 5. The second kappa shape index (κ2) is 11.3. The number of nitrogens with zero attached hydrogens (tertiary/aromatic N) is 4. The molecule has 0 radical (unpaired) electrons. The van der Waals surface area contributed by atoms with Crippen LogP contribution in [0, 0.1) is 6.92 Å². The van der Waals surface area contributed by atoms with E-state index in [0.29, 0.717) is 23.3 Å². The number of likely N-dealkylation sites (N-methyl/N-ethyl adjacent to an activating group) is 1. The first-order chi connectivity index (χ1) is 20.8. The fourth-order valence-corrected chi connectivity index (χ4v) is 8.27. The van der Waals surface area contributed by atoms with Crippen molar-refractivity contribution in [2.75, 3.05) is 48.8 Å². The minimum absolute atomic E-state index is 0.0522. The van der Waals surface area contributed by atoms with Crippen molar-refractivity contribution in [3.8, 4) is 11.1 Å². The molecule has 2 N–H and O–H groups in total. The molecular weight excluding hydrogens is 556 g/mol. The van der Waals surface area contributed by atoms with Gasteiger partial charge in [-0.3, -0.25) is 9.59 Å². The maximum absolute atomic E-state index is 13.3. The quantitative estimate of drug-likeness (QED) is 0.272. The molecule has 1 aromatic carbocycles. The van der Waals surface area contributed by atoms with Gasteiger partial charge in [-0.25, -0.2) is 4.98 Å². The molecule has 2 bridgehead atoms. The fraction of sp³-hybridized carbons (Fsp3) is 0.382. The molecule has 2 fully saturated rings. The van der Waals surface area contributed by atoms with E-state index in [4.69, 9.17) is 0 Å². The summed E-state index contributed by atoms with van der Waals surface area (Å²) in [6.45, 7) is 6.14. The smallest absolute Gasteiger partial charge is 0.274 e. The van der Waals surface area contributed by atoms with Gasteiger partial charge in [0, 0.05) is 49.0 Å². The van der Waals surface area contributed by atoms with E-state index in [1.54, 1.807) is 23.0 Å². The van der Waals surface area contributed by atoms with Crippen molar-refractivity contribution in [2.45, 2.75) is 44.4 Å². The summed E-state index contributed by atoms with van der Waals surface area (Å²) in [5.41, 5.74) is 6.39. The SMILES string of the molecule is Cc1c(NC(=O)c2cc3c(s2)C2CCC3C2)cccc1-c1cc(Nc2ccc(N3CCCN(C)CC3)cn2)c(=O)n(C)c1. The van der Waals surface area contributed by atoms with Gasteiger partial charge in [0.2, 0.25) is 0 Å². The maximum Gasteiger partial charge on any atom is 0.274 e. The molecule has 0 spiro atoms. The zero-order chi connectivity index (χ0) is 29.7. The van der Waals surface area contributed by atoms with Crippen LogP contribution in [-0.2, 0) is 7.05 Å². The number of rotatable bonds is 6. The van der Waals surface area contributed by atoms with Crippen LogP contribution >= 0.6 is 11.3 Å². The van der Waals surface area contributed by atoms with Crippen LogP contribution in [0.5, 0.6) is 0 Å². The van der Waals surface area contributed by atoms with Crippen molar-refractivity contribution >= 4 is 40.1 Å². The predicted octanol–water partition coefficient (Wildman–Crippen LogP) is 6.32. The van der Waals surface area contributed by atoms with E-state index in [-0.39, 0.29) is 11.5 Å². The Hall–Kier alpha value is -3.95. The Morgan fingerprint density at radius 3 is 2.67 bits per heavy atom. The van der Waals surface area contributed by atoms with Gasteiger partial charge < -0.3 is 25.0 Å². The zero-order valence-corrected chi connectivity index (χ0v) is 25.8. The molecule has 1 saturated heterocycles. The van der Waals surface area contributed by atoms with E-state index < -0.39 is 0 Å². The lowest BCUT2D eigenvalue weighted by molar-refractivity contribution is 0.103. The summed E-state index contributed by atoms with van der Waals surface area (Å²) in [5, 5.41) is 6.42. The number of anilines is 4. The second-order valence-corrected chi connectivity index (χ2v) is 13.4. The maximum atomic E-state index is 13.3. The molecule has 2 aliphatic carbocycles. The monoisotopic (exact) mass is 594 g/mol. The number of hydrogen-bond acceptors (Lipinski definition) is 7. The molecule has 43 heavy (non-hydrogen) atoms. The number of pyridine rings is 2. The Kier molecular flexibility index (Phi) is 7.31. The Morgan fingerprint density at radius 1 is 1.00 bits per heavy atom. The third kappa shape index (κ3) is 5.36. The molecule has 1 saturated carbocycles. The molecule has 1 amide bonds. The van der Waals surface area contributed by atoms with E-state index in [1.807, 2.05) is 49.6 Å². The van der Waals surface area contributed by atoms with Gasteiger partial charge in [-0.15, -0.1) is 11.3 Å². The summed E-state index contributed by atoms with van der Waals surface area (Å²) >= 11 is 1.67. The fourth-order valence-electron chi connectivity index (χ4n) is 6.98. The summed E-state index contributed by atoms with van der Waals surface area (Å²) in [7, 11) is 3.92. The van der Waals surface area contributed by atoms with Crippen LogP contribution < -0.4 is 21.1 Å². The minimum atomic E-state index is -0.132. The third-order valence-corrected chi connectivity index (χ3v) is 10.7. The highest BCUT2D eigenvalue weighted by Gasteiger charge is 2.39. The lowest BCUT2D eigenvalue weighted by atomic mass is 9.98. The molecule has 7 rings (SSSR count). The summed E-state index contributed by atoms with van der Waals surface area (Å²) < 4.78 is 1.59. The summed E-state index contributed by atoms with van der Waals surface area (Å²) in [5.74, 6) is 1.87. The zero-order valence-electron chi connectivity index (χ0n) is 25.0. The van der Waals surface area contributed by atoms with Gasteiger partial charge in [0.25, 0.3) is 11.5 Å². The van der Waals surface area contributed by atoms with Gasteiger partial charge >= 0.3 is 0 Å². The molecule has 3 aliphatic rings. The van der Waals surface area contributed by atoms with E-state index >= 15 is 0 Å². The Balaban J connectivity index is 1.10. The molecule has 2 atom stereocenters. The van der Waals surface area contributed by atoms with Crippen molar-refractivity contribution in [3.63, 3.8) is 0 Å². The minimum Gasteiger partial charge on any atom is -0.369 e. The highest BCUT2D eigenvalue weighted by molar-refractivity contribution is 7.14. The van der Waals surface area contributed by atoms with Gasteiger partial charge in [-0.2, -0.15) is 0 Å². The largest absolute Gasteiger partial charge is 0.369 e. The number of carbonyl (C=O) groups is 1. The predicted molar refractivity (Wildman–Crippen MR) is 175 cm³/mol. The second-order valence-electron chi connectivity index (χ2n) is 12.3. The number of benzene rings is 1. The Labute approximate surface area is 256 Å². The number of nitrogens with one attached hydrogen (secondary N) is 2. The number of aryl methyl sites for hydroxylation is 1. The van der Waals surface area contributed by atoms with Crippen molar-refractivity contribution in [1.82, 2.24) is 14.5 Å². The van der Waals surface area contributed by atoms with Crippen LogP contribution in [0.1, 0.15) is 63.2 Å². The molecule has 222 valence electrons. The molecule has 9 heteroatoms. The Morgan fingerprint density at radius 2 is 1.86 bits per heavy atom. The molecule has 4 aromatic rings. The van der Waals surface area contributed by atoms with Crippen LogP contribution in [-0.4, -0.2) is 53.6 Å². The normalized spacial score (nSPS) is 19.7.